The number of anilines is 1. The van der Waals surface area contributed by atoms with E-state index in [1.54, 1.807) is 13.1 Å². The molecule has 0 aromatic carbocycles. The molecule has 1 amide bonds. The van der Waals surface area contributed by atoms with Gasteiger partial charge >= 0.3 is 0 Å². The van der Waals surface area contributed by atoms with Crippen molar-refractivity contribution in [2.75, 3.05) is 11.9 Å². The molecule has 0 aliphatic heterocycles. The predicted molar refractivity (Wildman–Crippen MR) is 113 cm³/mol. The van der Waals surface area contributed by atoms with Crippen LogP contribution < -0.4 is 10.6 Å². The van der Waals surface area contributed by atoms with Gasteiger partial charge in [-0.3, -0.25) is 4.79 Å². The van der Waals surface area contributed by atoms with Crippen molar-refractivity contribution in [3.05, 3.63) is 17.5 Å². The Labute approximate surface area is 178 Å². The van der Waals surface area contributed by atoms with Crippen LogP contribution in [0.3, 0.4) is 0 Å². The van der Waals surface area contributed by atoms with E-state index in [4.69, 9.17) is 4.98 Å². The normalized spacial score (nSPS) is 36.1. The maximum Gasteiger partial charge on any atom is 0.254 e. The van der Waals surface area contributed by atoms with Gasteiger partial charge in [-0.2, -0.15) is 0 Å². The number of aliphatic hydroxyl groups excluding tert-OH is 1. The Kier molecular flexibility index (Phi) is 5.22. The fourth-order valence-corrected chi connectivity index (χ4v) is 6.85. The molecular weight excluding hydrogens is 380 g/mol. The molecule has 5 saturated carbocycles. The third kappa shape index (κ3) is 3.82. The van der Waals surface area contributed by atoms with Crippen LogP contribution in [0, 0.1) is 17.8 Å². The molecule has 4 N–H and O–H groups in total. The van der Waals surface area contributed by atoms with Crippen LogP contribution in [0.15, 0.2) is 6.20 Å². The smallest absolute Gasteiger partial charge is 0.254 e. The third-order valence-corrected chi connectivity index (χ3v) is 7.90. The summed E-state index contributed by atoms with van der Waals surface area (Å²) in [6.45, 7) is 2.10. The molecule has 3 atom stereocenters. The molecule has 7 heteroatoms. The second-order valence-corrected chi connectivity index (χ2v) is 10.4. The van der Waals surface area contributed by atoms with Crippen molar-refractivity contribution < 1.29 is 15.0 Å². The first-order valence-electron chi connectivity index (χ1n) is 11.7. The maximum absolute atomic E-state index is 13.4. The Morgan fingerprint density at radius 1 is 1.23 bits per heavy atom. The van der Waals surface area contributed by atoms with E-state index in [-0.39, 0.29) is 11.9 Å². The molecule has 0 spiro atoms. The standard InChI is InChI=1S/C23H34N4O3/c1-13(28)11-24-22-25-12-18(20(27-22)15-4-2-3-5-15)21(29)26-19-16-6-14-7-17(19)10-23(30,8-14)9-16/h12-17,19,28,30H,2-11H2,1H3,(H,26,29)(H,24,25,27)/t13-,14?,16?,17?,19?,23?/m1/s1. The molecule has 164 valence electrons. The van der Waals surface area contributed by atoms with Gasteiger partial charge in [0.1, 0.15) is 0 Å². The van der Waals surface area contributed by atoms with Crippen LogP contribution in [0.1, 0.15) is 86.7 Å². The number of rotatable bonds is 6. The lowest BCUT2D eigenvalue weighted by Gasteiger charge is -2.58. The van der Waals surface area contributed by atoms with Crippen LogP contribution in [-0.2, 0) is 0 Å². The minimum absolute atomic E-state index is 0.0663. The zero-order valence-corrected chi connectivity index (χ0v) is 17.8. The summed E-state index contributed by atoms with van der Waals surface area (Å²) < 4.78 is 0. The number of nitrogens with one attached hydrogen (secondary N) is 2. The molecule has 5 fully saturated rings. The highest BCUT2D eigenvalue weighted by atomic mass is 16.3. The van der Waals surface area contributed by atoms with E-state index in [0.717, 1.165) is 50.6 Å². The first-order valence-corrected chi connectivity index (χ1v) is 11.7. The summed E-state index contributed by atoms with van der Waals surface area (Å²) in [5, 5.41) is 26.8. The summed E-state index contributed by atoms with van der Waals surface area (Å²) in [6.07, 6.45) is 10.4. The third-order valence-electron chi connectivity index (χ3n) is 7.90. The van der Waals surface area contributed by atoms with Crippen molar-refractivity contribution in [2.24, 2.45) is 17.8 Å². The molecule has 1 aromatic rings. The molecule has 5 aliphatic carbocycles. The average molecular weight is 415 g/mol. The first kappa shape index (κ1) is 20.2. The van der Waals surface area contributed by atoms with E-state index >= 15 is 0 Å². The van der Waals surface area contributed by atoms with Gasteiger partial charge in [0.25, 0.3) is 5.91 Å². The highest BCUT2D eigenvalue weighted by Gasteiger charge is 2.55. The summed E-state index contributed by atoms with van der Waals surface area (Å²) in [5.74, 6) is 2.09. The number of carbonyl (C=O) groups excluding carboxylic acids is 1. The Morgan fingerprint density at radius 2 is 1.93 bits per heavy atom. The quantitative estimate of drug-likeness (QED) is 0.570. The highest BCUT2D eigenvalue weighted by molar-refractivity contribution is 5.95. The van der Waals surface area contributed by atoms with E-state index in [1.165, 1.54) is 12.8 Å². The molecule has 4 bridgehead atoms. The van der Waals surface area contributed by atoms with Crippen LogP contribution in [0.25, 0.3) is 0 Å². The number of aromatic nitrogens is 2. The topological polar surface area (TPSA) is 107 Å². The van der Waals surface area contributed by atoms with Crippen LogP contribution >= 0.6 is 0 Å². The van der Waals surface area contributed by atoms with E-state index in [0.29, 0.717) is 41.7 Å². The monoisotopic (exact) mass is 414 g/mol. The lowest BCUT2D eigenvalue weighted by atomic mass is 9.52. The lowest BCUT2D eigenvalue weighted by molar-refractivity contribution is -0.136. The first-order chi connectivity index (χ1) is 14.4. The molecule has 7 nitrogen and oxygen atoms in total. The lowest BCUT2D eigenvalue weighted by Crippen LogP contribution is -2.61. The van der Waals surface area contributed by atoms with Gasteiger partial charge in [-0.1, -0.05) is 12.8 Å². The van der Waals surface area contributed by atoms with Gasteiger partial charge in [-0.05, 0) is 69.6 Å². The molecule has 6 rings (SSSR count). The highest BCUT2D eigenvalue weighted by Crippen LogP contribution is 2.55. The number of nitrogens with zero attached hydrogens (tertiary/aromatic N) is 2. The van der Waals surface area contributed by atoms with E-state index in [9.17, 15) is 15.0 Å². The van der Waals surface area contributed by atoms with E-state index in [2.05, 4.69) is 15.6 Å². The van der Waals surface area contributed by atoms with Gasteiger partial charge in [0.2, 0.25) is 5.95 Å². The summed E-state index contributed by atoms with van der Waals surface area (Å²) in [6, 6.07) is 0.152. The van der Waals surface area contributed by atoms with Crippen LogP contribution in [-0.4, -0.2) is 50.4 Å². The van der Waals surface area contributed by atoms with E-state index < -0.39 is 11.7 Å². The fourth-order valence-electron chi connectivity index (χ4n) is 6.85. The van der Waals surface area contributed by atoms with Crippen molar-refractivity contribution in [2.45, 2.75) is 88.4 Å². The zero-order valence-electron chi connectivity index (χ0n) is 17.8. The van der Waals surface area contributed by atoms with Crippen molar-refractivity contribution in [1.29, 1.82) is 0 Å². The Hall–Kier alpha value is -1.73. The summed E-state index contributed by atoms with van der Waals surface area (Å²) in [5.41, 5.74) is 0.945. The number of hydrogen-bond donors (Lipinski definition) is 4. The van der Waals surface area contributed by atoms with Crippen molar-refractivity contribution in [3.8, 4) is 0 Å². The Bertz CT molecular complexity index is 792. The van der Waals surface area contributed by atoms with Gasteiger partial charge in [0, 0.05) is 24.7 Å². The molecule has 2 unspecified atom stereocenters. The summed E-state index contributed by atoms with van der Waals surface area (Å²) >= 11 is 0. The van der Waals surface area contributed by atoms with Crippen molar-refractivity contribution in [1.82, 2.24) is 15.3 Å². The fraction of sp³-hybridized carbons (Fsp3) is 0.783. The molecule has 0 radical (unpaired) electrons. The maximum atomic E-state index is 13.4. The van der Waals surface area contributed by atoms with Crippen molar-refractivity contribution >= 4 is 11.9 Å². The van der Waals surface area contributed by atoms with Gasteiger partial charge < -0.3 is 20.8 Å². The Balaban J connectivity index is 1.36. The summed E-state index contributed by atoms with van der Waals surface area (Å²) in [4.78, 5) is 22.4. The molecule has 5 aliphatic rings. The second-order valence-electron chi connectivity index (χ2n) is 10.4. The number of amides is 1. The summed E-state index contributed by atoms with van der Waals surface area (Å²) in [7, 11) is 0. The van der Waals surface area contributed by atoms with Crippen LogP contribution in [0.4, 0.5) is 5.95 Å². The van der Waals surface area contributed by atoms with Gasteiger partial charge in [-0.25, -0.2) is 9.97 Å². The SMILES string of the molecule is C[C@@H](O)CNc1ncc(C(=O)NC2C3CC4CC2CC(O)(C4)C3)c(C2CCCC2)n1. The van der Waals surface area contributed by atoms with Crippen LogP contribution in [0.5, 0.6) is 0 Å². The number of carbonyl (C=O) groups is 1. The molecular formula is C23H34N4O3. The molecule has 1 aromatic heterocycles. The van der Waals surface area contributed by atoms with Gasteiger partial charge in [0.15, 0.2) is 0 Å². The molecule has 1 heterocycles. The molecule has 0 saturated heterocycles. The zero-order chi connectivity index (χ0) is 20.9. The average Bonchev–Trinajstić information content (AvgIpc) is 3.22. The van der Waals surface area contributed by atoms with Crippen molar-refractivity contribution in [3.63, 3.8) is 0 Å². The van der Waals surface area contributed by atoms with E-state index in [1.807, 2.05) is 0 Å². The predicted octanol–water partition coefficient (Wildman–Crippen LogP) is 2.60. The van der Waals surface area contributed by atoms with Gasteiger partial charge in [-0.15, -0.1) is 0 Å². The minimum atomic E-state index is -0.493. The van der Waals surface area contributed by atoms with Gasteiger partial charge in [0.05, 0.1) is 23.0 Å². The number of aliphatic hydroxyl groups is 2. The minimum Gasteiger partial charge on any atom is -0.392 e. The largest absolute Gasteiger partial charge is 0.392 e. The molecule has 30 heavy (non-hydrogen) atoms. The number of hydrogen-bond acceptors (Lipinski definition) is 6. The van der Waals surface area contributed by atoms with Crippen LogP contribution in [0.2, 0.25) is 0 Å². The second kappa shape index (κ2) is 7.75. The Morgan fingerprint density at radius 3 is 2.57 bits per heavy atom.